The molecule has 3 aliphatic carbocycles. The molecule has 154 valence electrons. The Hall–Kier alpha value is -2.00. The molecule has 4 rings (SSSR count). The Morgan fingerprint density at radius 1 is 1.18 bits per heavy atom. The van der Waals surface area contributed by atoms with Gasteiger partial charge in [0.1, 0.15) is 11.9 Å². The second kappa shape index (κ2) is 7.44. The molecule has 3 fully saturated rings. The van der Waals surface area contributed by atoms with Crippen LogP contribution in [0.5, 0.6) is 0 Å². The normalized spacial score (nSPS) is 44.3. The van der Waals surface area contributed by atoms with Crippen molar-refractivity contribution in [3.05, 3.63) is 23.8 Å². The Bertz CT molecular complexity index is 765. The summed E-state index contributed by atoms with van der Waals surface area (Å²) in [5.74, 6) is 0.765. The number of esters is 1. The summed E-state index contributed by atoms with van der Waals surface area (Å²) in [7, 11) is 0. The Morgan fingerprint density at radius 2 is 1.86 bits per heavy atom. The molecule has 5 nitrogen and oxygen atoms in total. The molecule has 4 aliphatic rings. The second-order valence-electron chi connectivity index (χ2n) is 9.53. The standard InChI is InChI=1S/C22H30O3.CO2.H2/c1-13-11-14(2)21(3)10-9-16-20(24)25-17(15-7-5-6-8-15)12-22(16,4)19(21)18(13)23;2-1-3;/h5,7-8,13-14,16-17,19H,6,9-12H2,1-4H3;;1H. The third-order valence-electron chi connectivity index (χ3n) is 8.03. The zero-order valence-corrected chi connectivity index (χ0v) is 17.2. The van der Waals surface area contributed by atoms with Crippen molar-refractivity contribution in [3.63, 3.8) is 0 Å². The van der Waals surface area contributed by atoms with Crippen molar-refractivity contribution >= 4 is 17.9 Å². The zero-order chi connectivity index (χ0) is 20.7. The fraction of sp³-hybridized carbons (Fsp3) is 0.696. The summed E-state index contributed by atoms with van der Waals surface area (Å²) in [4.78, 5) is 42.4. The van der Waals surface area contributed by atoms with Gasteiger partial charge in [0, 0.05) is 13.3 Å². The van der Waals surface area contributed by atoms with E-state index in [-0.39, 0.29) is 48.2 Å². The predicted octanol–water partition coefficient (Wildman–Crippen LogP) is 4.13. The van der Waals surface area contributed by atoms with E-state index in [1.54, 1.807) is 0 Å². The van der Waals surface area contributed by atoms with Gasteiger partial charge in [0.15, 0.2) is 0 Å². The third-order valence-corrected chi connectivity index (χ3v) is 8.03. The van der Waals surface area contributed by atoms with Gasteiger partial charge in [-0.3, -0.25) is 9.59 Å². The van der Waals surface area contributed by atoms with Crippen LogP contribution < -0.4 is 0 Å². The van der Waals surface area contributed by atoms with Crippen LogP contribution >= 0.6 is 0 Å². The van der Waals surface area contributed by atoms with Gasteiger partial charge in [-0.05, 0) is 54.4 Å². The van der Waals surface area contributed by atoms with Gasteiger partial charge in [-0.25, -0.2) is 0 Å². The van der Waals surface area contributed by atoms with E-state index in [0.29, 0.717) is 11.7 Å². The fourth-order valence-electron chi connectivity index (χ4n) is 6.48. The lowest BCUT2D eigenvalue weighted by Crippen LogP contribution is -2.62. The second-order valence-corrected chi connectivity index (χ2v) is 9.53. The van der Waals surface area contributed by atoms with Gasteiger partial charge in [-0.2, -0.15) is 9.59 Å². The molecule has 0 aromatic carbocycles. The summed E-state index contributed by atoms with van der Waals surface area (Å²) in [6, 6.07) is 0. The Balaban J connectivity index is 0.000000708. The molecule has 7 unspecified atom stereocenters. The van der Waals surface area contributed by atoms with E-state index in [1.165, 1.54) is 0 Å². The molecule has 1 heterocycles. The van der Waals surface area contributed by atoms with Gasteiger partial charge < -0.3 is 4.74 Å². The molecule has 1 saturated heterocycles. The molecule has 0 radical (unpaired) electrons. The van der Waals surface area contributed by atoms with Crippen LogP contribution in [0.1, 0.15) is 61.2 Å². The molecule has 0 aromatic rings. The summed E-state index contributed by atoms with van der Waals surface area (Å²) < 4.78 is 5.84. The highest BCUT2D eigenvalue weighted by Crippen LogP contribution is 2.64. The first-order valence-corrected chi connectivity index (χ1v) is 10.3. The summed E-state index contributed by atoms with van der Waals surface area (Å²) >= 11 is 0. The highest BCUT2D eigenvalue weighted by atomic mass is 16.5. The van der Waals surface area contributed by atoms with Crippen molar-refractivity contribution in [3.8, 4) is 0 Å². The maximum atomic E-state index is 13.3. The average molecular weight is 389 g/mol. The number of allylic oxidation sites excluding steroid dienone is 2. The number of carbonyl (C=O) groups is 2. The van der Waals surface area contributed by atoms with E-state index >= 15 is 0 Å². The van der Waals surface area contributed by atoms with Gasteiger partial charge >= 0.3 is 12.1 Å². The van der Waals surface area contributed by atoms with E-state index in [2.05, 4.69) is 45.9 Å². The first-order chi connectivity index (χ1) is 13.2. The number of hydrogen-bond donors (Lipinski definition) is 0. The maximum absolute atomic E-state index is 13.3. The van der Waals surface area contributed by atoms with E-state index in [4.69, 9.17) is 14.3 Å². The van der Waals surface area contributed by atoms with Crippen LogP contribution in [0.2, 0.25) is 0 Å². The number of cyclic esters (lactones) is 1. The average Bonchev–Trinajstić information content (AvgIpc) is 3.14. The Kier molecular flexibility index (Phi) is 5.51. The van der Waals surface area contributed by atoms with Crippen LogP contribution in [0.3, 0.4) is 0 Å². The molecule has 0 amide bonds. The number of rotatable bonds is 1. The Labute approximate surface area is 168 Å². The number of fused-ring (bicyclic) bond motifs is 3. The molecule has 5 heteroatoms. The van der Waals surface area contributed by atoms with E-state index in [0.717, 1.165) is 37.7 Å². The molecular formula is C23H32O5. The van der Waals surface area contributed by atoms with Crippen molar-refractivity contribution in [2.45, 2.75) is 65.9 Å². The highest BCUT2D eigenvalue weighted by molar-refractivity contribution is 5.87. The predicted molar refractivity (Wildman–Crippen MR) is 104 cm³/mol. The van der Waals surface area contributed by atoms with Gasteiger partial charge in [-0.1, -0.05) is 45.9 Å². The minimum absolute atomic E-state index is 0. The van der Waals surface area contributed by atoms with Crippen molar-refractivity contribution in [1.29, 1.82) is 0 Å². The molecule has 0 aromatic heterocycles. The van der Waals surface area contributed by atoms with E-state index in [9.17, 15) is 9.59 Å². The summed E-state index contributed by atoms with van der Waals surface area (Å²) in [6.07, 6.45) is 10.9. The number of carbonyl (C=O) groups excluding carboxylic acids is 4. The lowest BCUT2D eigenvalue weighted by Gasteiger charge is -2.61. The largest absolute Gasteiger partial charge is 0.457 e. The molecule has 28 heavy (non-hydrogen) atoms. The minimum Gasteiger partial charge on any atom is -0.457 e. The zero-order valence-electron chi connectivity index (χ0n) is 17.2. The summed E-state index contributed by atoms with van der Waals surface area (Å²) in [6.45, 7) is 8.89. The Morgan fingerprint density at radius 3 is 2.46 bits per heavy atom. The monoisotopic (exact) mass is 388 g/mol. The number of ketones is 1. The lowest BCUT2D eigenvalue weighted by molar-refractivity contribution is -0.197. The van der Waals surface area contributed by atoms with Crippen LogP contribution in [0.15, 0.2) is 23.8 Å². The molecule has 0 spiro atoms. The van der Waals surface area contributed by atoms with Gasteiger partial charge in [0.2, 0.25) is 0 Å². The van der Waals surface area contributed by atoms with Crippen LogP contribution in [0, 0.1) is 34.5 Å². The van der Waals surface area contributed by atoms with Crippen molar-refractivity contribution in [1.82, 2.24) is 0 Å². The molecule has 7 atom stereocenters. The third kappa shape index (κ3) is 3.10. The smallest absolute Gasteiger partial charge is 0.373 e. The van der Waals surface area contributed by atoms with Crippen LogP contribution in [-0.4, -0.2) is 24.0 Å². The maximum Gasteiger partial charge on any atom is 0.373 e. The molecule has 1 aliphatic heterocycles. The SMILES string of the molecule is CC1CC(C)C2(C)CCC3C(=O)OC(C4=CCC=C4)CC3(C)C2C1=O.O=C=O.[HH]. The van der Waals surface area contributed by atoms with Crippen LogP contribution in [0.4, 0.5) is 0 Å². The topological polar surface area (TPSA) is 77.5 Å². The van der Waals surface area contributed by atoms with E-state index in [1.807, 2.05) is 0 Å². The molecule has 2 saturated carbocycles. The van der Waals surface area contributed by atoms with Gasteiger partial charge in [0.25, 0.3) is 0 Å². The van der Waals surface area contributed by atoms with Crippen LogP contribution in [-0.2, 0) is 23.9 Å². The lowest BCUT2D eigenvalue weighted by atomic mass is 9.42. The molecular weight excluding hydrogens is 356 g/mol. The van der Waals surface area contributed by atoms with Crippen LogP contribution in [0.25, 0.3) is 0 Å². The number of hydrogen-bond acceptors (Lipinski definition) is 5. The summed E-state index contributed by atoms with van der Waals surface area (Å²) in [5.41, 5.74) is 0.839. The van der Waals surface area contributed by atoms with Crippen molar-refractivity contribution in [2.24, 2.45) is 34.5 Å². The van der Waals surface area contributed by atoms with E-state index < -0.39 is 0 Å². The minimum atomic E-state index is -0.287. The number of ether oxygens (including phenoxy) is 1. The number of Topliss-reactive ketones (excluding diaryl/α,β-unsaturated/α-hetero) is 1. The fourth-order valence-corrected chi connectivity index (χ4v) is 6.48. The first-order valence-electron chi connectivity index (χ1n) is 10.3. The van der Waals surface area contributed by atoms with Gasteiger partial charge in [-0.15, -0.1) is 0 Å². The van der Waals surface area contributed by atoms with Crippen molar-refractivity contribution in [2.75, 3.05) is 0 Å². The molecule has 0 bridgehead atoms. The quantitative estimate of drug-likeness (QED) is 0.631. The van der Waals surface area contributed by atoms with Crippen molar-refractivity contribution < 1.29 is 25.3 Å². The van der Waals surface area contributed by atoms with Gasteiger partial charge in [0.05, 0.1) is 5.92 Å². The summed E-state index contributed by atoms with van der Waals surface area (Å²) in [5, 5.41) is 0. The highest BCUT2D eigenvalue weighted by Gasteiger charge is 2.64. The molecule has 0 N–H and O–H groups in total. The first kappa shape index (κ1) is 20.7.